The highest BCUT2D eigenvalue weighted by Gasteiger charge is 2.33. The molecule has 0 aliphatic carbocycles. The van der Waals surface area contributed by atoms with Crippen molar-refractivity contribution in [3.63, 3.8) is 0 Å². The fourth-order valence-electron chi connectivity index (χ4n) is 3.04. The Kier molecular flexibility index (Phi) is 7.52. The number of nitrogens with two attached hydrogens (primary N) is 1. The highest BCUT2D eigenvalue weighted by molar-refractivity contribution is 5.83. The van der Waals surface area contributed by atoms with Crippen molar-refractivity contribution in [2.75, 3.05) is 11.4 Å². The lowest BCUT2D eigenvalue weighted by molar-refractivity contribution is -0.142. The number of carbonyl (C=O) groups excluding carboxylic acids is 2. The summed E-state index contributed by atoms with van der Waals surface area (Å²) in [7, 11) is 0. The topological polar surface area (TPSA) is 221 Å². The minimum absolute atomic E-state index is 0.0128. The molecule has 1 aliphatic rings. The van der Waals surface area contributed by atoms with Gasteiger partial charge in [-0.1, -0.05) is 0 Å². The minimum atomic E-state index is -1.60. The van der Waals surface area contributed by atoms with Crippen LogP contribution in [0.2, 0.25) is 0 Å². The predicted molar refractivity (Wildman–Crippen MR) is 98.2 cm³/mol. The zero-order valence-corrected chi connectivity index (χ0v) is 16.1. The SMILES string of the molecule is CC(O)[C@H](NC(=O)N[C@@H](CC(N)=O)c1nc(N2CCCCC2C(=O)O)no1)C(=O)O. The number of hydrogen-bond acceptors (Lipinski definition) is 9. The third-order valence-electron chi connectivity index (χ3n) is 4.52. The highest BCUT2D eigenvalue weighted by Crippen LogP contribution is 2.24. The number of nitrogens with zero attached hydrogens (tertiary/aromatic N) is 3. The van der Waals surface area contributed by atoms with Crippen LogP contribution in [0.4, 0.5) is 10.7 Å². The van der Waals surface area contributed by atoms with Gasteiger partial charge in [-0.25, -0.2) is 14.4 Å². The Morgan fingerprint density at radius 1 is 1.27 bits per heavy atom. The number of piperidine rings is 1. The fourth-order valence-corrected chi connectivity index (χ4v) is 3.04. The molecule has 0 saturated carbocycles. The van der Waals surface area contributed by atoms with Crippen molar-refractivity contribution in [1.82, 2.24) is 20.8 Å². The summed E-state index contributed by atoms with van der Waals surface area (Å²) < 4.78 is 5.10. The highest BCUT2D eigenvalue weighted by atomic mass is 16.5. The Balaban J connectivity index is 2.17. The maximum atomic E-state index is 12.2. The molecule has 166 valence electrons. The summed E-state index contributed by atoms with van der Waals surface area (Å²) in [4.78, 5) is 51.6. The van der Waals surface area contributed by atoms with Crippen molar-refractivity contribution in [1.29, 1.82) is 0 Å². The summed E-state index contributed by atoms with van der Waals surface area (Å²) in [5.41, 5.74) is 5.19. The van der Waals surface area contributed by atoms with Crippen LogP contribution in [0.25, 0.3) is 0 Å². The quantitative estimate of drug-likeness (QED) is 0.267. The number of aliphatic hydroxyl groups excluding tert-OH is 1. The molecule has 1 aromatic rings. The summed E-state index contributed by atoms with van der Waals surface area (Å²) in [5.74, 6) is -3.54. The lowest BCUT2D eigenvalue weighted by Crippen LogP contribution is -2.52. The lowest BCUT2D eigenvalue weighted by atomic mass is 10.0. The number of aliphatic hydroxyl groups is 1. The molecule has 30 heavy (non-hydrogen) atoms. The summed E-state index contributed by atoms with van der Waals surface area (Å²) in [6.07, 6.45) is 0.0437. The molecule has 7 N–H and O–H groups in total. The minimum Gasteiger partial charge on any atom is -0.480 e. The van der Waals surface area contributed by atoms with Crippen molar-refractivity contribution < 1.29 is 39.0 Å². The first-order valence-corrected chi connectivity index (χ1v) is 9.19. The molecular weight excluding hydrogens is 404 g/mol. The first-order valence-electron chi connectivity index (χ1n) is 9.19. The van der Waals surface area contributed by atoms with Crippen LogP contribution in [0.3, 0.4) is 0 Å². The van der Waals surface area contributed by atoms with E-state index in [2.05, 4.69) is 20.8 Å². The molecule has 0 radical (unpaired) electrons. The third-order valence-corrected chi connectivity index (χ3v) is 4.52. The zero-order valence-electron chi connectivity index (χ0n) is 16.1. The van der Waals surface area contributed by atoms with Crippen LogP contribution in [0.5, 0.6) is 0 Å². The van der Waals surface area contributed by atoms with Crippen LogP contribution < -0.4 is 21.3 Å². The van der Waals surface area contributed by atoms with Crippen molar-refractivity contribution in [3.8, 4) is 0 Å². The van der Waals surface area contributed by atoms with E-state index in [0.29, 0.717) is 13.0 Å². The monoisotopic (exact) mass is 428 g/mol. The van der Waals surface area contributed by atoms with Gasteiger partial charge in [0.1, 0.15) is 12.1 Å². The molecule has 4 atom stereocenters. The molecule has 14 nitrogen and oxygen atoms in total. The first kappa shape index (κ1) is 22.9. The number of hydrogen-bond donors (Lipinski definition) is 6. The number of carboxylic acids is 2. The maximum Gasteiger partial charge on any atom is 0.328 e. The van der Waals surface area contributed by atoms with Crippen LogP contribution in [-0.4, -0.2) is 74.1 Å². The van der Waals surface area contributed by atoms with Crippen LogP contribution >= 0.6 is 0 Å². The summed E-state index contributed by atoms with van der Waals surface area (Å²) in [5, 5.41) is 36.0. The standard InChI is InChI=1S/C16H24N6O8/c1-7(23)11(14(27)28)19-16(29)18-8(6-10(17)24)12-20-15(21-30-12)22-5-3-2-4-9(22)13(25)26/h7-9,11,23H,2-6H2,1H3,(H2,17,24)(H,25,26)(H,27,28)(H2,18,19,29)/t7?,8-,9?,11-/m0/s1. The average Bonchev–Trinajstić information content (AvgIpc) is 3.14. The zero-order chi connectivity index (χ0) is 22.4. The number of nitrogens with one attached hydrogen (secondary N) is 2. The van der Waals surface area contributed by atoms with Crippen LogP contribution in [0, 0.1) is 0 Å². The van der Waals surface area contributed by atoms with Gasteiger partial charge in [-0.2, -0.15) is 4.98 Å². The van der Waals surface area contributed by atoms with Gasteiger partial charge in [-0.3, -0.25) is 4.79 Å². The van der Waals surface area contributed by atoms with E-state index in [0.717, 1.165) is 12.8 Å². The molecule has 3 amide bonds. The van der Waals surface area contributed by atoms with E-state index in [4.69, 9.17) is 15.4 Å². The second kappa shape index (κ2) is 9.87. The molecule has 0 bridgehead atoms. The Hall–Kier alpha value is -3.42. The fraction of sp³-hybridized carbons (Fsp3) is 0.625. The third kappa shape index (κ3) is 5.79. The number of urea groups is 1. The number of aliphatic carboxylic acids is 2. The van der Waals surface area contributed by atoms with Gasteiger partial charge in [0.15, 0.2) is 6.04 Å². The van der Waals surface area contributed by atoms with E-state index >= 15 is 0 Å². The summed E-state index contributed by atoms with van der Waals surface area (Å²) >= 11 is 0. The second-order valence-electron chi connectivity index (χ2n) is 6.87. The van der Waals surface area contributed by atoms with E-state index in [9.17, 15) is 29.4 Å². The Bertz CT molecular complexity index is 796. The number of carbonyl (C=O) groups is 4. The molecule has 0 aromatic carbocycles. The predicted octanol–water partition coefficient (Wildman–Crippen LogP) is -1.44. The maximum absolute atomic E-state index is 12.2. The van der Waals surface area contributed by atoms with Gasteiger partial charge in [-0.05, 0) is 31.3 Å². The van der Waals surface area contributed by atoms with Gasteiger partial charge >= 0.3 is 18.0 Å². The van der Waals surface area contributed by atoms with Crippen molar-refractivity contribution >= 4 is 29.8 Å². The van der Waals surface area contributed by atoms with Crippen molar-refractivity contribution in [2.24, 2.45) is 5.73 Å². The van der Waals surface area contributed by atoms with Gasteiger partial charge in [0.2, 0.25) is 5.91 Å². The average molecular weight is 428 g/mol. The van der Waals surface area contributed by atoms with E-state index in [1.54, 1.807) is 0 Å². The molecule has 2 heterocycles. The van der Waals surface area contributed by atoms with Gasteiger partial charge in [0.25, 0.3) is 11.8 Å². The van der Waals surface area contributed by atoms with E-state index in [1.165, 1.54) is 11.8 Å². The molecule has 2 rings (SSSR count). The lowest BCUT2D eigenvalue weighted by Gasteiger charge is -2.31. The second-order valence-corrected chi connectivity index (χ2v) is 6.87. The number of rotatable bonds is 9. The number of primary amides is 1. The summed E-state index contributed by atoms with van der Waals surface area (Å²) in [6.45, 7) is 1.57. The normalized spacial score (nSPS) is 19.4. The number of aromatic nitrogens is 2. The number of anilines is 1. The first-order chi connectivity index (χ1) is 14.1. The summed E-state index contributed by atoms with van der Waals surface area (Å²) in [6, 6.07) is -4.64. The Morgan fingerprint density at radius 2 is 1.97 bits per heavy atom. The van der Waals surface area contributed by atoms with E-state index in [1.807, 2.05) is 0 Å². The van der Waals surface area contributed by atoms with Gasteiger partial charge in [0, 0.05) is 6.54 Å². The van der Waals surface area contributed by atoms with E-state index in [-0.39, 0.29) is 11.8 Å². The smallest absolute Gasteiger partial charge is 0.328 e. The largest absolute Gasteiger partial charge is 0.480 e. The molecule has 1 saturated heterocycles. The van der Waals surface area contributed by atoms with Crippen LogP contribution in [0.15, 0.2) is 4.52 Å². The molecule has 1 aliphatic heterocycles. The van der Waals surface area contributed by atoms with Crippen molar-refractivity contribution in [2.45, 2.75) is 56.8 Å². The molecule has 2 unspecified atom stereocenters. The molecule has 1 fully saturated rings. The Labute approximate surface area is 170 Å². The van der Waals surface area contributed by atoms with Gasteiger partial charge in [-0.15, -0.1) is 0 Å². The number of carboxylic acid groups (broad SMARTS) is 2. The van der Waals surface area contributed by atoms with Crippen LogP contribution in [0.1, 0.15) is 44.5 Å². The molecule has 0 spiro atoms. The Morgan fingerprint density at radius 3 is 2.53 bits per heavy atom. The molecule has 14 heteroatoms. The molecule has 1 aromatic heterocycles. The van der Waals surface area contributed by atoms with Gasteiger partial charge < -0.3 is 41.1 Å². The van der Waals surface area contributed by atoms with Crippen molar-refractivity contribution in [3.05, 3.63) is 5.89 Å². The number of amides is 3. The van der Waals surface area contributed by atoms with E-state index < -0.39 is 54.5 Å². The van der Waals surface area contributed by atoms with Gasteiger partial charge in [0.05, 0.1) is 12.5 Å². The van der Waals surface area contributed by atoms with Crippen LogP contribution in [-0.2, 0) is 14.4 Å². The molecular formula is C16H24N6O8.